The summed E-state index contributed by atoms with van der Waals surface area (Å²) in [5.74, 6) is -1.31. The molecule has 2 amide bonds. The van der Waals surface area contributed by atoms with E-state index >= 15 is 0 Å². The topological polar surface area (TPSA) is 112 Å². The first-order chi connectivity index (χ1) is 18.0. The molecule has 4 atom stereocenters. The van der Waals surface area contributed by atoms with Gasteiger partial charge in [-0.1, -0.05) is 44.2 Å². The number of hydrogen-bond donors (Lipinski definition) is 1. The Hall–Kier alpha value is -3.01. The molecule has 9 heteroatoms. The average Bonchev–Trinajstić information content (AvgIpc) is 3.14. The summed E-state index contributed by atoms with van der Waals surface area (Å²) in [6.07, 6.45) is 3.01. The number of rotatable bonds is 12. The molecular weight excluding hydrogens is 490 g/mol. The van der Waals surface area contributed by atoms with Gasteiger partial charge in [0.05, 0.1) is 38.4 Å². The minimum absolute atomic E-state index is 0.0277. The summed E-state index contributed by atoms with van der Waals surface area (Å²) in [7, 11) is 0. The van der Waals surface area contributed by atoms with Crippen molar-refractivity contribution >= 4 is 17.8 Å². The van der Waals surface area contributed by atoms with Gasteiger partial charge in [-0.15, -0.1) is 0 Å². The van der Waals surface area contributed by atoms with Crippen LogP contribution >= 0.6 is 0 Å². The van der Waals surface area contributed by atoms with E-state index in [0.29, 0.717) is 25.4 Å². The second kappa shape index (κ2) is 13.2. The second-order valence-electron chi connectivity index (χ2n) is 10.5. The Balaban J connectivity index is 1.51. The number of benzene rings is 1. The van der Waals surface area contributed by atoms with E-state index in [9.17, 15) is 19.5 Å². The van der Waals surface area contributed by atoms with Crippen LogP contribution in [0.3, 0.4) is 0 Å². The molecule has 2 aliphatic rings. The monoisotopic (exact) mass is 529 g/mol. The zero-order chi connectivity index (χ0) is 27.9. The molecule has 2 aliphatic heterocycles. The summed E-state index contributed by atoms with van der Waals surface area (Å²) in [4.78, 5) is 39.6. The molecule has 0 radical (unpaired) electrons. The summed E-state index contributed by atoms with van der Waals surface area (Å²) < 4.78 is 22.7. The van der Waals surface area contributed by atoms with Crippen LogP contribution in [0.25, 0.3) is 0 Å². The second-order valence-corrected chi connectivity index (χ2v) is 10.5. The Morgan fingerprint density at radius 2 is 1.87 bits per heavy atom. The highest BCUT2D eigenvalue weighted by molar-refractivity contribution is 6.02. The molecule has 1 fully saturated rings. The molecule has 0 aromatic heterocycles. The predicted octanol–water partition coefficient (Wildman–Crippen LogP) is 3.80. The van der Waals surface area contributed by atoms with Gasteiger partial charge in [0, 0.05) is 0 Å². The fraction of sp³-hybridized carbons (Fsp3) is 0.552. The number of ketones is 1. The van der Waals surface area contributed by atoms with Gasteiger partial charge in [-0.25, -0.2) is 9.69 Å². The Kier molecular flexibility index (Phi) is 10.2. The zero-order valence-electron chi connectivity index (χ0n) is 22.8. The minimum atomic E-state index is -1.05. The largest absolute Gasteiger partial charge is 0.482 e. The number of aliphatic hydroxyl groups is 1. The average molecular weight is 530 g/mol. The fourth-order valence-corrected chi connectivity index (χ4v) is 4.84. The maximum Gasteiger partial charge on any atom is 0.417 e. The summed E-state index contributed by atoms with van der Waals surface area (Å²) in [5.41, 5.74) is 0.184. The van der Waals surface area contributed by atoms with E-state index in [2.05, 4.69) is 0 Å². The van der Waals surface area contributed by atoms with Gasteiger partial charge >= 0.3 is 6.09 Å². The Morgan fingerprint density at radius 3 is 2.53 bits per heavy atom. The van der Waals surface area contributed by atoms with Crippen molar-refractivity contribution in [1.82, 2.24) is 4.90 Å². The molecule has 0 spiro atoms. The normalized spacial score (nSPS) is 23.4. The molecule has 1 saturated heterocycles. The summed E-state index contributed by atoms with van der Waals surface area (Å²) >= 11 is 0. The van der Waals surface area contributed by atoms with E-state index in [0.717, 1.165) is 10.5 Å². The third-order valence-electron chi connectivity index (χ3n) is 6.65. The molecular formula is C29H39NO8. The first kappa shape index (κ1) is 29.5. The molecule has 3 rings (SSSR count). The van der Waals surface area contributed by atoms with Crippen molar-refractivity contribution in [2.75, 3.05) is 19.8 Å². The smallest absolute Gasteiger partial charge is 0.417 e. The Labute approximate surface area is 224 Å². The van der Waals surface area contributed by atoms with E-state index < -0.39 is 41.8 Å². The van der Waals surface area contributed by atoms with Crippen molar-refractivity contribution in [1.29, 1.82) is 0 Å². The Morgan fingerprint density at radius 1 is 1.16 bits per heavy atom. The number of amides is 2. The molecule has 1 N–H and O–H groups in total. The Bertz CT molecular complexity index is 1030. The van der Waals surface area contributed by atoms with Gasteiger partial charge in [-0.3, -0.25) is 9.59 Å². The highest BCUT2D eigenvalue weighted by Gasteiger charge is 2.53. The molecule has 1 aromatic rings. The van der Waals surface area contributed by atoms with Gasteiger partial charge in [0.15, 0.2) is 11.9 Å². The lowest BCUT2D eigenvalue weighted by molar-refractivity contribution is -0.143. The lowest BCUT2D eigenvalue weighted by atomic mass is 9.87. The number of aliphatic hydroxyl groups excluding tert-OH is 1. The third kappa shape index (κ3) is 7.30. The number of ether oxygens (including phenoxy) is 4. The number of imide groups is 1. The number of nitrogens with zero attached hydrogens (tertiary/aromatic N) is 1. The zero-order valence-corrected chi connectivity index (χ0v) is 22.8. The molecule has 0 saturated carbocycles. The van der Waals surface area contributed by atoms with Crippen LogP contribution in [0.2, 0.25) is 0 Å². The molecule has 0 bridgehead atoms. The summed E-state index contributed by atoms with van der Waals surface area (Å²) in [5, 5.41) is 9.55. The van der Waals surface area contributed by atoms with Crippen molar-refractivity contribution in [3.05, 3.63) is 59.9 Å². The number of carbonyl (C=O) groups excluding carboxylic acids is 3. The third-order valence-corrected chi connectivity index (χ3v) is 6.65. The van der Waals surface area contributed by atoms with E-state index in [4.69, 9.17) is 18.9 Å². The first-order valence-corrected chi connectivity index (χ1v) is 13.0. The first-order valence-electron chi connectivity index (χ1n) is 13.0. The highest BCUT2D eigenvalue weighted by atomic mass is 16.6. The molecule has 0 unspecified atom stereocenters. The molecule has 9 nitrogen and oxygen atoms in total. The number of cyclic esters (lactones) is 1. The van der Waals surface area contributed by atoms with Crippen LogP contribution in [0.1, 0.15) is 46.6 Å². The van der Waals surface area contributed by atoms with Crippen molar-refractivity contribution < 1.29 is 38.4 Å². The SMILES string of the molecule is CC(C)[C@H]1N(C(=O)[C@H](C)[C@H]2OC(=CCCOC[C@@H](CO)OCc3ccccc3)C=CC2=O)C(=O)OC1(C)C. The van der Waals surface area contributed by atoms with Crippen LogP contribution in [0, 0.1) is 11.8 Å². The molecule has 1 aromatic carbocycles. The van der Waals surface area contributed by atoms with Gasteiger partial charge < -0.3 is 24.1 Å². The fourth-order valence-electron chi connectivity index (χ4n) is 4.84. The maximum absolute atomic E-state index is 13.3. The minimum Gasteiger partial charge on any atom is -0.482 e. The standard InChI is InChI=1S/C29H39NO8/c1-19(2)26-29(4,5)38-28(34)30(26)27(33)20(3)25-24(32)14-13-22(37-25)12-9-15-35-18-23(16-31)36-17-21-10-7-6-8-11-21/h6-8,10-14,19-20,23,25-26,31H,9,15-18H2,1-5H3/t20-,23-,25-,26-/m1/s1. The van der Waals surface area contributed by atoms with E-state index in [1.165, 1.54) is 6.08 Å². The van der Waals surface area contributed by atoms with E-state index in [1.54, 1.807) is 32.9 Å². The van der Waals surface area contributed by atoms with Crippen LogP contribution in [-0.2, 0) is 35.1 Å². The lowest BCUT2D eigenvalue weighted by Crippen LogP contribution is -2.52. The highest BCUT2D eigenvalue weighted by Crippen LogP contribution is 2.36. The molecule has 2 heterocycles. The van der Waals surface area contributed by atoms with Gasteiger partial charge in [-0.2, -0.15) is 0 Å². The van der Waals surface area contributed by atoms with Crippen LogP contribution in [0.15, 0.2) is 54.3 Å². The predicted molar refractivity (Wildman–Crippen MR) is 140 cm³/mol. The van der Waals surface area contributed by atoms with E-state index in [-0.39, 0.29) is 24.9 Å². The van der Waals surface area contributed by atoms with Crippen molar-refractivity contribution in [3.63, 3.8) is 0 Å². The van der Waals surface area contributed by atoms with Gasteiger partial charge in [0.25, 0.3) is 0 Å². The van der Waals surface area contributed by atoms with E-state index in [1.807, 2.05) is 44.2 Å². The van der Waals surface area contributed by atoms with Crippen LogP contribution in [0.4, 0.5) is 4.79 Å². The van der Waals surface area contributed by atoms with Gasteiger partial charge in [-0.05, 0) is 56.9 Å². The van der Waals surface area contributed by atoms with Crippen LogP contribution < -0.4 is 0 Å². The van der Waals surface area contributed by atoms with Gasteiger partial charge in [0.2, 0.25) is 5.91 Å². The maximum atomic E-state index is 13.3. The summed E-state index contributed by atoms with van der Waals surface area (Å²) in [6.45, 7) is 9.80. The van der Waals surface area contributed by atoms with Gasteiger partial charge in [0.1, 0.15) is 17.5 Å². The number of allylic oxidation sites excluding steroid dienone is 1. The van der Waals surface area contributed by atoms with Crippen LogP contribution in [-0.4, -0.2) is 71.5 Å². The number of carbonyl (C=O) groups is 3. The molecule has 208 valence electrons. The summed E-state index contributed by atoms with van der Waals surface area (Å²) in [6, 6.07) is 9.23. The van der Waals surface area contributed by atoms with Crippen molar-refractivity contribution in [3.8, 4) is 0 Å². The van der Waals surface area contributed by atoms with Crippen LogP contribution in [0.5, 0.6) is 0 Å². The quantitative estimate of drug-likeness (QED) is 0.407. The number of hydrogen-bond acceptors (Lipinski definition) is 8. The van der Waals surface area contributed by atoms with Crippen molar-refractivity contribution in [2.45, 2.75) is 71.5 Å². The molecule has 0 aliphatic carbocycles. The lowest BCUT2D eigenvalue weighted by Gasteiger charge is -2.33. The molecule has 38 heavy (non-hydrogen) atoms. The van der Waals surface area contributed by atoms with Crippen molar-refractivity contribution in [2.24, 2.45) is 11.8 Å².